The minimum absolute atomic E-state index is 0.0754. The largest absolute Gasteiger partial charge is 0.353 e. The van der Waals surface area contributed by atoms with Gasteiger partial charge < -0.3 is 10.2 Å². The Kier molecular flexibility index (Phi) is 6.59. The van der Waals surface area contributed by atoms with Crippen molar-refractivity contribution in [2.45, 2.75) is 27.7 Å². The minimum Gasteiger partial charge on any atom is -0.350 e. The average Bonchev–Trinajstić information content (AvgIpc) is 2.56. The molecule has 27 heavy (non-hydrogen) atoms. The maximum absolute atomic E-state index is 13.4. The van der Waals surface area contributed by atoms with Crippen molar-refractivity contribution in [3.63, 3.8) is 0 Å². The normalized spacial score (nSPS) is 11.1. The molecule has 146 valence electrons. The maximum atomic E-state index is 13.4. The molecule has 9 heteroatoms. The van der Waals surface area contributed by atoms with Gasteiger partial charge >= 0.3 is 5.69 Å². The van der Waals surface area contributed by atoms with Gasteiger partial charge in [0.1, 0.15) is 6.33 Å². The zero-order valence-corrected chi connectivity index (χ0v) is 15.7. The molecule has 0 aliphatic rings. The Morgan fingerprint density at radius 3 is 2.26 bits per heavy atom. The summed E-state index contributed by atoms with van der Waals surface area (Å²) in [5.41, 5.74) is -0.149. The van der Waals surface area contributed by atoms with Crippen molar-refractivity contribution >= 4 is 23.0 Å². The summed E-state index contributed by atoms with van der Waals surface area (Å²) in [6.45, 7) is 9.23. The van der Waals surface area contributed by atoms with Crippen LogP contribution >= 0.6 is 0 Å². The summed E-state index contributed by atoms with van der Waals surface area (Å²) in [7, 11) is 0. The van der Waals surface area contributed by atoms with Gasteiger partial charge in [0.25, 0.3) is 0 Å². The fourth-order valence-electron chi connectivity index (χ4n) is 2.70. The Labute approximate surface area is 156 Å². The van der Waals surface area contributed by atoms with E-state index in [0.29, 0.717) is 13.1 Å². The molecular formula is C18H23F2N5O2. The van der Waals surface area contributed by atoms with E-state index in [0.717, 1.165) is 12.1 Å². The summed E-state index contributed by atoms with van der Waals surface area (Å²) >= 11 is 0. The SMILES string of the molecule is CC(C)CN(CC(C)C)c1ncnc(Nc2ccc(F)c(F)c2)c1[N+](=O)[O-]. The Morgan fingerprint density at radius 1 is 1.11 bits per heavy atom. The third-order valence-corrected chi connectivity index (χ3v) is 3.64. The highest BCUT2D eigenvalue weighted by molar-refractivity contribution is 5.74. The number of aromatic nitrogens is 2. The summed E-state index contributed by atoms with van der Waals surface area (Å²) in [4.78, 5) is 21.1. The van der Waals surface area contributed by atoms with Crippen LogP contribution in [0.1, 0.15) is 27.7 Å². The van der Waals surface area contributed by atoms with Crippen molar-refractivity contribution in [3.05, 3.63) is 46.3 Å². The van der Waals surface area contributed by atoms with E-state index in [-0.39, 0.29) is 34.8 Å². The van der Waals surface area contributed by atoms with E-state index in [1.54, 1.807) is 0 Å². The van der Waals surface area contributed by atoms with Crippen molar-refractivity contribution in [2.24, 2.45) is 11.8 Å². The Bertz CT molecular complexity index is 804. The fraction of sp³-hybridized carbons (Fsp3) is 0.444. The molecule has 0 saturated heterocycles. The molecule has 2 rings (SSSR count). The lowest BCUT2D eigenvalue weighted by Crippen LogP contribution is -2.32. The van der Waals surface area contributed by atoms with Crippen LogP contribution in [0.3, 0.4) is 0 Å². The lowest BCUT2D eigenvalue weighted by molar-refractivity contribution is -0.383. The van der Waals surface area contributed by atoms with Crippen molar-refractivity contribution in [1.82, 2.24) is 9.97 Å². The molecule has 0 aliphatic carbocycles. The monoisotopic (exact) mass is 379 g/mol. The van der Waals surface area contributed by atoms with Gasteiger partial charge in [0.05, 0.1) is 4.92 Å². The summed E-state index contributed by atoms with van der Waals surface area (Å²) < 4.78 is 26.6. The van der Waals surface area contributed by atoms with Crippen molar-refractivity contribution in [2.75, 3.05) is 23.3 Å². The second-order valence-electron chi connectivity index (χ2n) is 7.10. The fourth-order valence-corrected chi connectivity index (χ4v) is 2.70. The van der Waals surface area contributed by atoms with Crippen LogP contribution < -0.4 is 10.2 Å². The highest BCUT2D eigenvalue weighted by Gasteiger charge is 2.28. The van der Waals surface area contributed by atoms with Crippen LogP contribution in [0.2, 0.25) is 0 Å². The summed E-state index contributed by atoms with van der Waals surface area (Å²) in [6.07, 6.45) is 1.22. The quantitative estimate of drug-likeness (QED) is 0.536. The van der Waals surface area contributed by atoms with Crippen LogP contribution in [0.15, 0.2) is 24.5 Å². The first-order valence-corrected chi connectivity index (χ1v) is 8.65. The molecule has 0 radical (unpaired) electrons. The molecule has 0 amide bonds. The van der Waals surface area contributed by atoms with Crippen LogP contribution in [0.25, 0.3) is 0 Å². The van der Waals surface area contributed by atoms with Crippen LogP contribution in [0, 0.1) is 33.6 Å². The number of nitrogens with zero attached hydrogens (tertiary/aromatic N) is 4. The molecule has 0 aliphatic heterocycles. The highest BCUT2D eigenvalue weighted by Crippen LogP contribution is 2.34. The summed E-state index contributed by atoms with van der Waals surface area (Å²) in [5.74, 6) is -1.41. The third kappa shape index (κ3) is 5.32. The van der Waals surface area contributed by atoms with Gasteiger partial charge in [-0.25, -0.2) is 18.7 Å². The number of rotatable bonds is 8. The van der Waals surface area contributed by atoms with Gasteiger partial charge in [-0.3, -0.25) is 10.1 Å². The molecule has 1 N–H and O–H groups in total. The van der Waals surface area contributed by atoms with Crippen LogP contribution in [0.4, 0.5) is 31.8 Å². The minimum atomic E-state index is -1.06. The van der Waals surface area contributed by atoms with Gasteiger partial charge in [-0.15, -0.1) is 0 Å². The third-order valence-electron chi connectivity index (χ3n) is 3.64. The predicted octanol–water partition coefficient (Wildman–Crippen LogP) is 4.53. The molecule has 2 aromatic rings. The molecule has 1 heterocycles. The number of anilines is 3. The molecule has 7 nitrogen and oxygen atoms in total. The number of nitro groups is 1. The van der Waals surface area contributed by atoms with Gasteiger partial charge in [0.15, 0.2) is 11.6 Å². The van der Waals surface area contributed by atoms with Gasteiger partial charge in [0.2, 0.25) is 11.6 Å². The predicted molar refractivity (Wildman–Crippen MR) is 100 cm³/mol. The van der Waals surface area contributed by atoms with Gasteiger partial charge in [-0.2, -0.15) is 0 Å². The number of hydrogen-bond acceptors (Lipinski definition) is 6. The molecule has 1 aromatic heterocycles. The Balaban J connectivity index is 2.48. The van der Waals surface area contributed by atoms with Crippen LogP contribution in [0.5, 0.6) is 0 Å². The molecular weight excluding hydrogens is 356 g/mol. The van der Waals surface area contributed by atoms with E-state index in [2.05, 4.69) is 15.3 Å². The molecule has 0 atom stereocenters. The molecule has 0 saturated carbocycles. The van der Waals surface area contributed by atoms with E-state index in [1.165, 1.54) is 12.4 Å². The lowest BCUT2D eigenvalue weighted by Gasteiger charge is -2.27. The second kappa shape index (κ2) is 8.70. The number of nitrogens with one attached hydrogen (secondary N) is 1. The first-order valence-electron chi connectivity index (χ1n) is 8.65. The first-order chi connectivity index (χ1) is 12.7. The van der Waals surface area contributed by atoms with Gasteiger partial charge in [-0.05, 0) is 24.0 Å². The average molecular weight is 379 g/mol. The second-order valence-corrected chi connectivity index (χ2v) is 7.10. The summed E-state index contributed by atoms with van der Waals surface area (Å²) in [5, 5.41) is 14.5. The summed E-state index contributed by atoms with van der Waals surface area (Å²) in [6, 6.07) is 3.14. The Hall–Kier alpha value is -2.84. The molecule has 0 spiro atoms. The Morgan fingerprint density at radius 2 is 1.74 bits per heavy atom. The van der Waals surface area contributed by atoms with Crippen LogP contribution in [-0.4, -0.2) is 28.0 Å². The van der Waals surface area contributed by atoms with E-state index >= 15 is 0 Å². The zero-order chi connectivity index (χ0) is 20.1. The highest BCUT2D eigenvalue weighted by atomic mass is 19.2. The number of hydrogen-bond donors (Lipinski definition) is 1. The van der Waals surface area contributed by atoms with E-state index in [4.69, 9.17) is 0 Å². The number of benzene rings is 1. The number of halogens is 2. The van der Waals surface area contributed by atoms with Crippen molar-refractivity contribution in [1.29, 1.82) is 0 Å². The zero-order valence-electron chi connectivity index (χ0n) is 15.7. The van der Waals surface area contributed by atoms with E-state index in [9.17, 15) is 18.9 Å². The van der Waals surface area contributed by atoms with Gasteiger partial charge in [-0.1, -0.05) is 27.7 Å². The lowest BCUT2D eigenvalue weighted by atomic mass is 10.1. The van der Waals surface area contributed by atoms with E-state index in [1.807, 2.05) is 32.6 Å². The maximum Gasteiger partial charge on any atom is 0.353 e. The van der Waals surface area contributed by atoms with Crippen molar-refractivity contribution in [3.8, 4) is 0 Å². The van der Waals surface area contributed by atoms with Crippen molar-refractivity contribution < 1.29 is 13.7 Å². The smallest absolute Gasteiger partial charge is 0.350 e. The molecule has 1 aromatic carbocycles. The van der Waals surface area contributed by atoms with E-state index < -0.39 is 16.6 Å². The molecule has 0 bridgehead atoms. The molecule has 0 fully saturated rings. The molecule has 0 unspecified atom stereocenters. The first kappa shape index (κ1) is 20.5. The van der Waals surface area contributed by atoms with Gasteiger partial charge in [0, 0.05) is 24.8 Å². The topological polar surface area (TPSA) is 84.2 Å². The van der Waals surface area contributed by atoms with Crippen LogP contribution in [-0.2, 0) is 0 Å². The standard InChI is InChI=1S/C18H23F2N5O2/c1-11(2)8-24(9-12(3)4)18-16(25(26)27)17(21-10-22-18)23-13-5-6-14(19)15(20)7-13/h5-7,10-12H,8-9H2,1-4H3,(H,21,22,23).